The number of hydrogen-bond acceptors (Lipinski definition) is 6. The van der Waals surface area contributed by atoms with E-state index in [1.54, 1.807) is 12.1 Å². The molecule has 3 N–H and O–H groups in total. The number of H-pyrrole nitrogens is 1. The van der Waals surface area contributed by atoms with Gasteiger partial charge in [0.15, 0.2) is 0 Å². The lowest BCUT2D eigenvalue weighted by Crippen LogP contribution is -2.66. The second-order valence-corrected chi connectivity index (χ2v) is 8.23. The van der Waals surface area contributed by atoms with Gasteiger partial charge < -0.3 is 15.5 Å². The number of fused-ring (bicyclic) bond motifs is 4. The lowest BCUT2D eigenvalue weighted by molar-refractivity contribution is -0.148. The fourth-order valence-electron chi connectivity index (χ4n) is 5.34. The number of carbonyl (C=O) groups excluding carboxylic acids is 2. The molecule has 0 aliphatic carbocycles. The molecule has 152 valence electrons. The predicted molar refractivity (Wildman–Crippen MR) is 105 cm³/mol. The Bertz CT molecular complexity index is 900. The Morgan fingerprint density at radius 2 is 2.10 bits per heavy atom. The van der Waals surface area contributed by atoms with Crippen LogP contribution in [0, 0.1) is 11.8 Å². The van der Waals surface area contributed by atoms with Gasteiger partial charge in [0, 0.05) is 31.1 Å². The van der Waals surface area contributed by atoms with Crippen LogP contribution in [0.5, 0.6) is 0 Å². The Labute approximate surface area is 168 Å². The summed E-state index contributed by atoms with van der Waals surface area (Å²) in [6, 6.07) is 7.56. The Hall–Kier alpha value is -2.81. The highest BCUT2D eigenvalue weighted by Gasteiger charge is 2.47. The van der Waals surface area contributed by atoms with E-state index in [2.05, 4.69) is 36.2 Å². The van der Waals surface area contributed by atoms with Crippen LogP contribution in [0.15, 0.2) is 24.3 Å². The van der Waals surface area contributed by atoms with E-state index in [1.807, 2.05) is 12.1 Å². The van der Waals surface area contributed by atoms with E-state index in [9.17, 15) is 9.59 Å². The number of benzene rings is 1. The Kier molecular flexibility index (Phi) is 4.75. The summed E-state index contributed by atoms with van der Waals surface area (Å²) < 4.78 is 0. The van der Waals surface area contributed by atoms with E-state index in [0.29, 0.717) is 47.8 Å². The normalized spacial score (nSPS) is 28.7. The first-order chi connectivity index (χ1) is 14.2. The van der Waals surface area contributed by atoms with Crippen molar-refractivity contribution in [2.45, 2.75) is 37.8 Å². The van der Waals surface area contributed by atoms with Crippen LogP contribution < -0.4 is 10.6 Å². The molecular formula is C20H25N7O2. The molecule has 5 rings (SSSR count). The minimum absolute atomic E-state index is 0.0399. The molecule has 0 unspecified atom stereocenters. The maximum absolute atomic E-state index is 13.0. The van der Waals surface area contributed by atoms with E-state index in [1.165, 1.54) is 0 Å². The van der Waals surface area contributed by atoms with Crippen LogP contribution in [0.4, 0.5) is 0 Å². The van der Waals surface area contributed by atoms with Crippen LogP contribution in [-0.2, 0) is 4.79 Å². The smallest absolute Gasteiger partial charge is 0.252 e. The third kappa shape index (κ3) is 3.29. The average Bonchev–Trinajstić information content (AvgIpc) is 3.29. The highest BCUT2D eigenvalue weighted by atomic mass is 16.2. The number of aromatic nitrogens is 4. The van der Waals surface area contributed by atoms with Gasteiger partial charge in [0.1, 0.15) is 0 Å². The van der Waals surface area contributed by atoms with Crippen molar-refractivity contribution < 1.29 is 9.59 Å². The van der Waals surface area contributed by atoms with E-state index in [0.717, 1.165) is 32.4 Å². The average molecular weight is 395 g/mol. The SMILES string of the molecule is O=C(NC[C@H]1[C@@H]2CNC[C@H](C2)[C@@H]2CCCC(=O)N21)c1ccccc1-c1nn[nH]n1. The summed E-state index contributed by atoms with van der Waals surface area (Å²) in [5.41, 5.74) is 1.14. The van der Waals surface area contributed by atoms with E-state index in [-0.39, 0.29) is 17.9 Å². The molecule has 4 atom stereocenters. The number of tetrazole rings is 1. The third-order valence-corrected chi connectivity index (χ3v) is 6.63. The maximum atomic E-state index is 13.0. The standard InChI is InChI=1S/C20H25N7O2/c28-18-7-3-6-16-12-8-13(10-21-9-12)17(27(16)18)11-22-20(29)15-5-2-1-4-14(15)19-23-25-26-24-19/h1-2,4-5,12-13,16-17,21H,3,6-11H2,(H,22,29)(H,23,24,25,26)/t12-,13-,16-,17-/m0/s1. The van der Waals surface area contributed by atoms with Crippen LogP contribution in [-0.4, -0.2) is 69.1 Å². The molecule has 0 saturated carbocycles. The Morgan fingerprint density at radius 3 is 2.97 bits per heavy atom. The number of rotatable bonds is 4. The molecule has 29 heavy (non-hydrogen) atoms. The van der Waals surface area contributed by atoms with Crippen LogP contribution >= 0.6 is 0 Å². The van der Waals surface area contributed by atoms with Crippen molar-refractivity contribution in [3.63, 3.8) is 0 Å². The van der Waals surface area contributed by atoms with Crippen molar-refractivity contribution in [2.24, 2.45) is 11.8 Å². The Morgan fingerprint density at radius 1 is 1.24 bits per heavy atom. The van der Waals surface area contributed by atoms with Gasteiger partial charge in [-0.2, -0.15) is 5.21 Å². The van der Waals surface area contributed by atoms with Crippen molar-refractivity contribution in [3.8, 4) is 11.4 Å². The monoisotopic (exact) mass is 395 g/mol. The van der Waals surface area contributed by atoms with E-state index < -0.39 is 0 Å². The number of amides is 2. The molecule has 2 bridgehead atoms. The summed E-state index contributed by atoms with van der Waals surface area (Å²) >= 11 is 0. The number of piperidine rings is 3. The second-order valence-electron chi connectivity index (χ2n) is 8.23. The fourth-order valence-corrected chi connectivity index (χ4v) is 5.34. The zero-order valence-electron chi connectivity index (χ0n) is 16.2. The lowest BCUT2D eigenvalue weighted by atomic mass is 9.72. The minimum atomic E-state index is -0.183. The number of nitrogens with one attached hydrogen (secondary N) is 3. The quantitative estimate of drug-likeness (QED) is 0.698. The van der Waals surface area contributed by atoms with Gasteiger partial charge in [-0.3, -0.25) is 9.59 Å². The van der Waals surface area contributed by atoms with Gasteiger partial charge in [-0.15, -0.1) is 10.2 Å². The third-order valence-electron chi connectivity index (χ3n) is 6.63. The minimum Gasteiger partial charge on any atom is -0.350 e. The molecule has 2 aromatic rings. The highest BCUT2D eigenvalue weighted by molar-refractivity contribution is 6.00. The summed E-state index contributed by atoms with van der Waals surface area (Å²) in [5.74, 6) is 1.35. The molecule has 3 fully saturated rings. The van der Waals surface area contributed by atoms with E-state index >= 15 is 0 Å². The van der Waals surface area contributed by atoms with Gasteiger partial charge in [-0.25, -0.2) is 0 Å². The molecule has 0 spiro atoms. The van der Waals surface area contributed by atoms with Crippen molar-refractivity contribution in [1.82, 2.24) is 36.2 Å². The van der Waals surface area contributed by atoms with E-state index in [4.69, 9.17) is 0 Å². The molecule has 2 amide bonds. The molecule has 4 heterocycles. The number of nitrogens with zero attached hydrogens (tertiary/aromatic N) is 4. The van der Waals surface area contributed by atoms with Crippen molar-refractivity contribution in [3.05, 3.63) is 29.8 Å². The van der Waals surface area contributed by atoms with Gasteiger partial charge in [-0.1, -0.05) is 18.2 Å². The van der Waals surface area contributed by atoms with Gasteiger partial charge in [0.05, 0.1) is 11.6 Å². The van der Waals surface area contributed by atoms with Crippen LogP contribution in [0.2, 0.25) is 0 Å². The summed E-state index contributed by atoms with van der Waals surface area (Å²) in [6.45, 7) is 2.34. The molecule has 0 radical (unpaired) electrons. The summed E-state index contributed by atoms with van der Waals surface area (Å²) in [5, 5.41) is 20.6. The predicted octanol–water partition coefficient (Wildman–Crippen LogP) is 0.586. The first kappa shape index (κ1) is 18.2. The first-order valence-corrected chi connectivity index (χ1v) is 10.4. The summed E-state index contributed by atoms with van der Waals surface area (Å²) in [7, 11) is 0. The van der Waals surface area contributed by atoms with Crippen LogP contribution in [0.25, 0.3) is 11.4 Å². The lowest BCUT2D eigenvalue weighted by Gasteiger charge is -2.54. The molecule has 9 nitrogen and oxygen atoms in total. The largest absolute Gasteiger partial charge is 0.350 e. The topological polar surface area (TPSA) is 116 Å². The number of hydrogen-bond donors (Lipinski definition) is 3. The molecule has 3 saturated heterocycles. The van der Waals surface area contributed by atoms with Gasteiger partial charge in [0.2, 0.25) is 11.7 Å². The summed E-state index contributed by atoms with van der Waals surface area (Å²) in [4.78, 5) is 27.9. The molecule has 3 aliphatic heterocycles. The van der Waals surface area contributed by atoms with Gasteiger partial charge >= 0.3 is 0 Å². The number of aromatic amines is 1. The molecular weight excluding hydrogens is 370 g/mol. The first-order valence-electron chi connectivity index (χ1n) is 10.4. The van der Waals surface area contributed by atoms with Gasteiger partial charge in [0.25, 0.3) is 5.91 Å². The molecule has 1 aromatic carbocycles. The second kappa shape index (κ2) is 7.55. The zero-order chi connectivity index (χ0) is 19.8. The molecule has 9 heteroatoms. The molecule has 3 aliphatic rings. The van der Waals surface area contributed by atoms with Crippen molar-refractivity contribution in [1.29, 1.82) is 0 Å². The summed E-state index contributed by atoms with van der Waals surface area (Å²) in [6.07, 6.45) is 3.78. The highest BCUT2D eigenvalue weighted by Crippen LogP contribution is 2.39. The maximum Gasteiger partial charge on any atom is 0.252 e. The number of carbonyl (C=O) groups is 2. The van der Waals surface area contributed by atoms with Crippen molar-refractivity contribution in [2.75, 3.05) is 19.6 Å². The Balaban J connectivity index is 1.35. The van der Waals surface area contributed by atoms with Crippen molar-refractivity contribution >= 4 is 11.8 Å². The van der Waals surface area contributed by atoms with Crippen LogP contribution in [0.1, 0.15) is 36.0 Å². The van der Waals surface area contributed by atoms with Crippen LogP contribution in [0.3, 0.4) is 0 Å². The fraction of sp³-hybridized carbons (Fsp3) is 0.550. The molecule has 1 aromatic heterocycles. The zero-order valence-corrected chi connectivity index (χ0v) is 16.2. The van der Waals surface area contributed by atoms with Gasteiger partial charge in [-0.05, 0) is 48.9 Å².